The van der Waals surface area contributed by atoms with Gasteiger partial charge in [-0.2, -0.15) is 0 Å². The molecule has 3 heteroatoms. The lowest BCUT2D eigenvalue weighted by Gasteiger charge is -1.96. The molecular formula is C6H14FN2+. The van der Waals surface area contributed by atoms with Crippen LogP contribution in [0.2, 0.25) is 0 Å². The van der Waals surface area contributed by atoms with Crippen molar-refractivity contribution in [3.05, 3.63) is 0 Å². The number of likely N-dealkylation sites (N-methyl/N-ethyl adjacent to an activating group) is 1. The van der Waals surface area contributed by atoms with Gasteiger partial charge in [-0.25, -0.2) is 8.97 Å². The third kappa shape index (κ3) is 7.56. The number of halogens is 1. The van der Waals surface area contributed by atoms with Crippen LogP contribution in [-0.4, -0.2) is 44.6 Å². The maximum atomic E-state index is 11.4. The number of rotatable bonds is 5. The van der Waals surface area contributed by atoms with E-state index in [-0.39, 0.29) is 6.67 Å². The minimum atomic E-state index is -0.291. The van der Waals surface area contributed by atoms with E-state index in [4.69, 9.17) is 0 Å². The summed E-state index contributed by atoms with van der Waals surface area (Å²) in [5, 5.41) is 2.91. The number of nitrogens with zero attached hydrogens (tertiary/aromatic N) is 1. The van der Waals surface area contributed by atoms with Crippen molar-refractivity contribution in [2.24, 2.45) is 0 Å². The second-order valence-corrected chi connectivity index (χ2v) is 2.02. The average Bonchev–Trinajstić information content (AvgIpc) is 1.80. The fourth-order valence-electron chi connectivity index (χ4n) is 0.462. The third-order valence-corrected chi connectivity index (χ3v) is 0.942. The van der Waals surface area contributed by atoms with E-state index in [2.05, 4.69) is 12.0 Å². The molecule has 0 aliphatic carbocycles. The van der Waals surface area contributed by atoms with Crippen LogP contribution in [0.4, 0.5) is 4.39 Å². The molecule has 0 aromatic rings. The van der Waals surface area contributed by atoms with E-state index >= 15 is 0 Å². The van der Waals surface area contributed by atoms with Gasteiger partial charge >= 0.3 is 0 Å². The maximum Gasteiger partial charge on any atom is 0.154 e. The summed E-state index contributed by atoms with van der Waals surface area (Å²) < 4.78 is 13.2. The molecule has 0 saturated heterocycles. The van der Waals surface area contributed by atoms with Crippen LogP contribution in [-0.2, 0) is 0 Å². The van der Waals surface area contributed by atoms with Gasteiger partial charge in [-0.05, 0) is 0 Å². The smallest absolute Gasteiger partial charge is 0.154 e. The Balaban J connectivity index is 2.83. The lowest BCUT2D eigenvalue weighted by atomic mass is 10.6. The summed E-state index contributed by atoms with van der Waals surface area (Å²) >= 11 is 0. The van der Waals surface area contributed by atoms with E-state index in [1.165, 1.54) is 0 Å². The number of nitrogens with one attached hydrogen (secondary N) is 1. The molecule has 9 heavy (non-hydrogen) atoms. The Morgan fingerprint density at radius 2 is 2.22 bits per heavy atom. The van der Waals surface area contributed by atoms with E-state index in [0.29, 0.717) is 6.54 Å². The Hall–Kier alpha value is -0.440. The molecule has 0 spiro atoms. The van der Waals surface area contributed by atoms with Gasteiger partial charge in [0.05, 0.1) is 6.54 Å². The van der Waals surface area contributed by atoms with Gasteiger partial charge in [0, 0.05) is 6.54 Å². The molecule has 2 nitrogen and oxygen atoms in total. The van der Waals surface area contributed by atoms with Crippen molar-refractivity contribution < 1.29 is 8.97 Å². The van der Waals surface area contributed by atoms with Gasteiger partial charge in [0.25, 0.3) is 0 Å². The monoisotopic (exact) mass is 133 g/mol. The zero-order valence-corrected chi connectivity index (χ0v) is 5.86. The molecule has 0 saturated carbocycles. The molecule has 1 N–H and O–H groups in total. The van der Waals surface area contributed by atoms with E-state index in [1.54, 1.807) is 0 Å². The molecule has 0 fully saturated rings. The van der Waals surface area contributed by atoms with Gasteiger partial charge < -0.3 is 5.32 Å². The summed E-state index contributed by atoms with van der Waals surface area (Å²) in [5.74, 6) is 0. The Labute approximate surface area is 55.4 Å². The molecule has 0 heterocycles. The normalized spacial score (nSPS) is 9.56. The Kier molecular flexibility index (Phi) is 5.41. The zero-order valence-electron chi connectivity index (χ0n) is 5.86. The highest BCUT2D eigenvalue weighted by Crippen LogP contribution is 1.65. The van der Waals surface area contributed by atoms with Crippen LogP contribution < -0.4 is 5.32 Å². The van der Waals surface area contributed by atoms with Gasteiger partial charge in [-0.3, -0.25) is 0 Å². The largest absolute Gasteiger partial charge is 0.308 e. The fourth-order valence-corrected chi connectivity index (χ4v) is 0.462. The standard InChI is InChI=1S/C6H14FN2/c1-9(2)6-5-8-4-3-7/h8H,1,3-6H2,2H3/q+1. The molecule has 0 amide bonds. The Bertz CT molecular complexity index is 83.1. The van der Waals surface area contributed by atoms with Crippen LogP contribution in [0.25, 0.3) is 0 Å². The minimum Gasteiger partial charge on any atom is -0.308 e. The molecule has 0 radical (unpaired) electrons. The molecule has 0 rings (SSSR count). The van der Waals surface area contributed by atoms with E-state index < -0.39 is 0 Å². The first-order valence-electron chi connectivity index (χ1n) is 3.05. The number of hydrogen-bond donors (Lipinski definition) is 1. The van der Waals surface area contributed by atoms with Gasteiger partial charge in [-0.15, -0.1) is 0 Å². The summed E-state index contributed by atoms with van der Waals surface area (Å²) in [4.78, 5) is 0. The van der Waals surface area contributed by atoms with Crippen LogP contribution in [0.5, 0.6) is 0 Å². The second-order valence-electron chi connectivity index (χ2n) is 2.02. The van der Waals surface area contributed by atoms with Crippen molar-refractivity contribution in [2.75, 3.05) is 33.4 Å². The molecule has 0 atom stereocenters. The molecule has 0 aromatic heterocycles. The minimum absolute atomic E-state index is 0.291. The molecule has 0 aliphatic rings. The highest BCUT2D eigenvalue weighted by molar-refractivity contribution is 5.14. The first-order chi connectivity index (χ1) is 4.27. The highest BCUT2D eigenvalue weighted by Gasteiger charge is 1.89. The van der Waals surface area contributed by atoms with Gasteiger partial charge in [0.15, 0.2) is 6.54 Å². The summed E-state index contributed by atoms with van der Waals surface area (Å²) in [6.07, 6.45) is 0. The molecule has 0 aliphatic heterocycles. The van der Waals surface area contributed by atoms with Crippen LogP contribution in [0.3, 0.4) is 0 Å². The lowest BCUT2D eigenvalue weighted by Crippen LogP contribution is -2.24. The van der Waals surface area contributed by atoms with E-state index in [9.17, 15) is 4.39 Å². The number of hydrogen-bond acceptors (Lipinski definition) is 1. The zero-order chi connectivity index (χ0) is 7.11. The van der Waals surface area contributed by atoms with Crippen LogP contribution in [0.15, 0.2) is 0 Å². The van der Waals surface area contributed by atoms with Crippen molar-refractivity contribution in [3.8, 4) is 0 Å². The van der Waals surface area contributed by atoms with Crippen molar-refractivity contribution in [3.63, 3.8) is 0 Å². The third-order valence-electron chi connectivity index (χ3n) is 0.942. The SMILES string of the molecule is C=[N+](C)CCNCCF. The van der Waals surface area contributed by atoms with E-state index in [0.717, 1.165) is 13.1 Å². The summed E-state index contributed by atoms with van der Waals surface area (Å²) in [5.41, 5.74) is 0. The van der Waals surface area contributed by atoms with Gasteiger partial charge in [-0.1, -0.05) is 0 Å². The van der Waals surface area contributed by atoms with Crippen molar-refractivity contribution >= 4 is 6.72 Å². The molecule has 0 unspecified atom stereocenters. The number of alkyl halides is 1. The predicted molar refractivity (Wildman–Crippen MR) is 37.0 cm³/mol. The molecule has 54 valence electrons. The topological polar surface area (TPSA) is 15.0 Å². The summed E-state index contributed by atoms with van der Waals surface area (Å²) in [6, 6.07) is 0. The average molecular weight is 133 g/mol. The van der Waals surface area contributed by atoms with Crippen molar-refractivity contribution in [2.45, 2.75) is 0 Å². The highest BCUT2D eigenvalue weighted by atomic mass is 19.1. The van der Waals surface area contributed by atoms with Crippen LogP contribution in [0.1, 0.15) is 0 Å². The second kappa shape index (κ2) is 5.69. The van der Waals surface area contributed by atoms with Crippen molar-refractivity contribution in [1.29, 1.82) is 0 Å². The summed E-state index contributed by atoms with van der Waals surface area (Å²) in [6.45, 7) is 5.47. The van der Waals surface area contributed by atoms with Crippen LogP contribution >= 0.6 is 0 Å². The Morgan fingerprint density at radius 3 is 2.67 bits per heavy atom. The first kappa shape index (κ1) is 8.56. The van der Waals surface area contributed by atoms with Crippen molar-refractivity contribution in [1.82, 2.24) is 5.32 Å². The fraction of sp³-hybridized carbons (Fsp3) is 0.833. The molecule has 0 aromatic carbocycles. The maximum absolute atomic E-state index is 11.4. The lowest BCUT2D eigenvalue weighted by molar-refractivity contribution is -0.486. The van der Waals surface area contributed by atoms with E-state index in [1.807, 2.05) is 11.6 Å². The van der Waals surface area contributed by atoms with Gasteiger partial charge in [0.1, 0.15) is 20.4 Å². The quantitative estimate of drug-likeness (QED) is 0.314. The molecule has 0 bridgehead atoms. The molecular weight excluding hydrogens is 119 g/mol. The first-order valence-corrected chi connectivity index (χ1v) is 3.05. The predicted octanol–water partition coefficient (Wildman–Crippen LogP) is -0.112. The van der Waals surface area contributed by atoms with Crippen LogP contribution in [0, 0.1) is 0 Å². The van der Waals surface area contributed by atoms with Gasteiger partial charge in [0.2, 0.25) is 0 Å². The summed E-state index contributed by atoms with van der Waals surface area (Å²) in [7, 11) is 1.89. The Morgan fingerprint density at radius 1 is 1.56 bits per heavy atom.